The number of carbonyl (C=O) groups is 2. The predicted octanol–water partition coefficient (Wildman–Crippen LogP) is 6.78. The molecule has 3 unspecified atom stereocenters. The first kappa shape index (κ1) is 28.1. The Hall–Kier alpha value is -4.08. The number of hydrogen-bond acceptors (Lipinski definition) is 7. The number of amides is 2. The molecule has 42 heavy (non-hydrogen) atoms. The van der Waals surface area contributed by atoms with Crippen molar-refractivity contribution in [1.82, 2.24) is 9.78 Å². The van der Waals surface area contributed by atoms with Gasteiger partial charge in [-0.1, -0.05) is 30.3 Å². The summed E-state index contributed by atoms with van der Waals surface area (Å²) in [6.07, 6.45) is 3.95. The molecule has 1 fully saturated rings. The summed E-state index contributed by atoms with van der Waals surface area (Å²) in [7, 11) is 4.72. The van der Waals surface area contributed by atoms with Crippen LogP contribution in [0.1, 0.15) is 30.4 Å². The summed E-state index contributed by atoms with van der Waals surface area (Å²) in [5, 5.41) is 17.6. The van der Waals surface area contributed by atoms with E-state index >= 15 is 0 Å². The summed E-state index contributed by atoms with van der Waals surface area (Å²) >= 11 is 7.84. The first-order valence-electron chi connectivity index (χ1n) is 13.4. The number of hydrogen-bond donors (Lipinski definition) is 1. The Kier molecular flexibility index (Phi) is 6.70. The summed E-state index contributed by atoms with van der Waals surface area (Å²) in [5.41, 5.74) is 1.61. The average molecular weight is 604 g/mol. The number of halogens is 1. The third-order valence-electron chi connectivity index (χ3n) is 8.72. The van der Waals surface area contributed by atoms with Crippen LogP contribution in [0.5, 0.6) is 17.2 Å². The maximum absolute atomic E-state index is 14.5. The Morgan fingerprint density at radius 1 is 1.19 bits per heavy atom. The van der Waals surface area contributed by atoms with E-state index in [-0.39, 0.29) is 17.6 Å². The molecule has 0 spiro atoms. The third-order valence-corrected chi connectivity index (χ3v) is 10.2. The van der Waals surface area contributed by atoms with Crippen LogP contribution in [0.3, 0.4) is 0 Å². The Bertz CT molecular complexity index is 1840. The minimum absolute atomic E-state index is 0.0901. The van der Waals surface area contributed by atoms with Gasteiger partial charge in [0.05, 0.1) is 30.4 Å². The Morgan fingerprint density at radius 2 is 1.95 bits per heavy atom. The highest BCUT2D eigenvalue weighted by Crippen LogP contribution is 2.60. The van der Waals surface area contributed by atoms with Gasteiger partial charge in [0.15, 0.2) is 0 Å². The van der Waals surface area contributed by atoms with Crippen molar-refractivity contribution < 1.29 is 24.2 Å². The zero-order valence-electron chi connectivity index (χ0n) is 23.9. The minimum atomic E-state index is -1.23. The fraction of sp³-hybridized carbons (Fsp3) is 0.281. The van der Waals surface area contributed by atoms with Crippen molar-refractivity contribution in [3.05, 3.63) is 76.9 Å². The topological polar surface area (TPSA) is 93.9 Å². The van der Waals surface area contributed by atoms with E-state index in [9.17, 15) is 14.7 Å². The second-order valence-electron chi connectivity index (χ2n) is 10.9. The van der Waals surface area contributed by atoms with E-state index in [0.717, 1.165) is 26.1 Å². The van der Waals surface area contributed by atoms with Gasteiger partial charge < -0.3 is 14.6 Å². The van der Waals surface area contributed by atoms with Crippen LogP contribution in [0.25, 0.3) is 20.7 Å². The van der Waals surface area contributed by atoms with Gasteiger partial charge in [-0.05, 0) is 55.0 Å². The van der Waals surface area contributed by atoms with Crippen LogP contribution < -0.4 is 14.4 Å². The first-order chi connectivity index (χ1) is 20.0. The molecule has 8 nitrogen and oxygen atoms in total. The van der Waals surface area contributed by atoms with Crippen LogP contribution in [0.2, 0.25) is 5.02 Å². The highest BCUT2D eigenvalue weighted by molar-refractivity contribution is 7.22. The summed E-state index contributed by atoms with van der Waals surface area (Å²) < 4.78 is 13.6. The number of imide groups is 1. The molecule has 0 bridgehead atoms. The third kappa shape index (κ3) is 3.90. The highest BCUT2D eigenvalue weighted by Gasteiger charge is 2.63. The fourth-order valence-corrected chi connectivity index (χ4v) is 7.87. The van der Waals surface area contributed by atoms with Crippen LogP contribution in [-0.2, 0) is 16.6 Å². The zero-order chi connectivity index (χ0) is 30.1. The number of aromatic nitrogens is 2. The number of phenolic OH excluding ortho intramolecular Hbond substituents is 1. The van der Waals surface area contributed by atoms with E-state index in [2.05, 4.69) is 6.58 Å². The lowest BCUT2D eigenvalue weighted by atomic mass is 9.59. The molecular formula is C32H30ClN3O5S. The molecule has 216 valence electrons. The van der Waals surface area contributed by atoms with Gasteiger partial charge in [-0.15, -0.1) is 11.3 Å². The lowest BCUT2D eigenvalue weighted by Crippen LogP contribution is -2.42. The Labute approximate surface area is 252 Å². The number of thiophene rings is 1. The summed E-state index contributed by atoms with van der Waals surface area (Å²) in [4.78, 5) is 30.8. The molecule has 3 atom stereocenters. The van der Waals surface area contributed by atoms with Gasteiger partial charge in [-0.25, -0.2) is 4.90 Å². The van der Waals surface area contributed by atoms with Gasteiger partial charge in [0.25, 0.3) is 0 Å². The number of methoxy groups -OCH3 is 2. The number of rotatable bonds is 6. The monoisotopic (exact) mass is 603 g/mol. The molecule has 4 aromatic rings. The fourth-order valence-electron chi connectivity index (χ4n) is 6.55. The number of aryl methyl sites for hydroxylation is 2. The van der Waals surface area contributed by atoms with Gasteiger partial charge in [0.1, 0.15) is 28.8 Å². The molecule has 2 aliphatic rings. The van der Waals surface area contributed by atoms with Crippen LogP contribution in [0.15, 0.2) is 60.7 Å². The van der Waals surface area contributed by atoms with Crippen molar-refractivity contribution in [3.8, 4) is 27.8 Å². The van der Waals surface area contributed by atoms with Gasteiger partial charge in [0, 0.05) is 46.5 Å². The number of fused-ring (bicyclic) bond motifs is 2. The molecule has 0 radical (unpaired) electrons. The molecule has 1 saturated heterocycles. The van der Waals surface area contributed by atoms with Crippen LogP contribution in [0, 0.1) is 18.3 Å². The number of benzene rings is 2. The molecular weight excluding hydrogens is 574 g/mol. The SMILES string of the molecule is C=CC1=CCC2C(=O)N(c3cc(-c4sc5ccc(Cl)cc5c4C)nn3C)C(=O)C2(C)C1c1c(O)cc(OC)cc1OC. The number of ether oxygens (including phenoxy) is 2. The standard InChI is InChI=1S/C32H30ClN3O5S/c1-7-17-8-10-21-30(38)36(31(39)32(21,3)28(17)27-23(37)13-19(40-5)14-24(27)41-6)26-15-22(34-35(26)4)29-16(2)20-12-18(33)9-11-25(20)42-29/h7-9,11-15,21,28,37H,1,10H2,2-6H3. The molecule has 6 rings (SSSR count). The van der Waals surface area contributed by atoms with Crippen molar-refractivity contribution in [2.75, 3.05) is 19.1 Å². The van der Waals surface area contributed by atoms with E-state index < -0.39 is 17.3 Å². The summed E-state index contributed by atoms with van der Waals surface area (Å²) in [6.45, 7) is 7.79. The maximum Gasteiger partial charge on any atom is 0.242 e. The second-order valence-corrected chi connectivity index (χ2v) is 12.4. The largest absolute Gasteiger partial charge is 0.507 e. The lowest BCUT2D eigenvalue weighted by Gasteiger charge is -2.40. The number of nitrogens with zero attached hydrogens (tertiary/aromatic N) is 3. The molecule has 2 aromatic heterocycles. The minimum Gasteiger partial charge on any atom is -0.507 e. The van der Waals surface area contributed by atoms with Crippen molar-refractivity contribution in [2.45, 2.75) is 26.2 Å². The number of anilines is 1. The van der Waals surface area contributed by atoms with E-state index in [1.807, 2.05) is 31.2 Å². The smallest absolute Gasteiger partial charge is 0.242 e. The molecule has 10 heteroatoms. The molecule has 1 aliphatic carbocycles. The van der Waals surface area contributed by atoms with Crippen LogP contribution in [-0.4, -0.2) is 40.9 Å². The highest BCUT2D eigenvalue weighted by atomic mass is 35.5. The maximum atomic E-state index is 14.5. The van der Waals surface area contributed by atoms with Gasteiger partial charge in [-0.2, -0.15) is 5.10 Å². The van der Waals surface area contributed by atoms with Crippen molar-refractivity contribution in [3.63, 3.8) is 0 Å². The average Bonchev–Trinajstić information content (AvgIpc) is 3.57. The molecule has 1 N–H and O–H groups in total. The van der Waals surface area contributed by atoms with Crippen molar-refractivity contribution in [1.29, 1.82) is 0 Å². The van der Waals surface area contributed by atoms with Gasteiger partial charge in [0.2, 0.25) is 11.8 Å². The normalized spacial score (nSPS) is 22.0. The van der Waals surface area contributed by atoms with E-state index in [0.29, 0.717) is 40.0 Å². The summed E-state index contributed by atoms with van der Waals surface area (Å²) in [5.74, 6) is -0.993. The quantitative estimate of drug-likeness (QED) is 0.244. The number of aromatic hydroxyl groups is 1. The Balaban J connectivity index is 1.47. The summed E-state index contributed by atoms with van der Waals surface area (Å²) in [6, 6.07) is 10.7. The molecule has 2 aromatic carbocycles. The zero-order valence-corrected chi connectivity index (χ0v) is 25.5. The molecule has 0 saturated carbocycles. The van der Waals surface area contributed by atoms with E-state index in [4.69, 9.17) is 26.2 Å². The predicted molar refractivity (Wildman–Crippen MR) is 165 cm³/mol. The number of allylic oxidation sites excluding steroid dienone is 3. The van der Waals surface area contributed by atoms with E-state index in [1.165, 1.54) is 25.2 Å². The van der Waals surface area contributed by atoms with Gasteiger partial charge >= 0.3 is 0 Å². The molecule has 2 amide bonds. The first-order valence-corrected chi connectivity index (χ1v) is 14.6. The van der Waals surface area contributed by atoms with Crippen molar-refractivity contribution >= 4 is 50.7 Å². The molecule has 1 aliphatic heterocycles. The van der Waals surface area contributed by atoms with Gasteiger partial charge in [-0.3, -0.25) is 14.3 Å². The number of phenols is 1. The Morgan fingerprint density at radius 3 is 2.64 bits per heavy atom. The molecule has 3 heterocycles. The van der Waals surface area contributed by atoms with Crippen LogP contribution >= 0.6 is 22.9 Å². The van der Waals surface area contributed by atoms with E-state index in [1.54, 1.807) is 48.2 Å². The second kappa shape index (κ2) is 10.0. The lowest BCUT2D eigenvalue weighted by molar-refractivity contribution is -0.127. The number of carbonyl (C=O) groups excluding carboxylic acids is 2. The van der Waals surface area contributed by atoms with Crippen molar-refractivity contribution in [2.24, 2.45) is 18.4 Å². The van der Waals surface area contributed by atoms with Crippen LogP contribution in [0.4, 0.5) is 5.82 Å².